The van der Waals surface area contributed by atoms with Gasteiger partial charge in [-0.25, -0.2) is 4.79 Å². The topological polar surface area (TPSA) is 91.1 Å². The fourth-order valence-electron chi connectivity index (χ4n) is 5.67. The van der Waals surface area contributed by atoms with Gasteiger partial charge in [0.05, 0.1) is 18.3 Å². The van der Waals surface area contributed by atoms with Crippen molar-refractivity contribution in [2.75, 3.05) is 50.8 Å². The summed E-state index contributed by atoms with van der Waals surface area (Å²) in [5.74, 6) is -0.955. The third-order valence-electron chi connectivity index (χ3n) is 7.81. The zero-order valence-corrected chi connectivity index (χ0v) is 23.8. The maximum absolute atomic E-state index is 12.2. The van der Waals surface area contributed by atoms with Crippen LogP contribution in [0.1, 0.15) is 23.7 Å². The smallest absolute Gasteiger partial charge is 0.329 e. The van der Waals surface area contributed by atoms with Crippen LogP contribution in [0, 0.1) is 6.92 Å². The number of amides is 1. The molecule has 0 saturated carbocycles. The predicted octanol–water partition coefficient (Wildman–Crippen LogP) is 3.71. The van der Waals surface area contributed by atoms with Crippen LogP contribution in [0.2, 0.25) is 5.02 Å². The summed E-state index contributed by atoms with van der Waals surface area (Å²) in [6, 6.07) is 16.0. The number of hydrogen-bond acceptors (Lipinski definition) is 6. The molecule has 0 bridgehead atoms. The summed E-state index contributed by atoms with van der Waals surface area (Å²) in [5.41, 5.74) is 6.37. The Kier molecular flexibility index (Phi) is 8.73. The van der Waals surface area contributed by atoms with E-state index in [0.717, 1.165) is 48.7 Å². The number of halogens is 1. The first-order valence-corrected chi connectivity index (χ1v) is 14.1. The molecule has 1 saturated heterocycles. The van der Waals surface area contributed by atoms with Gasteiger partial charge in [-0.15, -0.1) is 0 Å². The number of carboxylic acid groups (broad SMARTS) is 1. The van der Waals surface area contributed by atoms with Crippen LogP contribution in [0.15, 0.2) is 48.5 Å². The van der Waals surface area contributed by atoms with Gasteiger partial charge in [0.2, 0.25) is 5.91 Å². The van der Waals surface area contributed by atoms with Crippen LogP contribution in [0.3, 0.4) is 0 Å². The molecular weight excluding hydrogens is 530 g/mol. The number of aliphatic carboxylic acids is 1. The average molecular weight is 566 g/mol. The van der Waals surface area contributed by atoms with E-state index in [4.69, 9.17) is 21.4 Å². The Morgan fingerprint density at radius 1 is 1.02 bits per heavy atom. The van der Waals surface area contributed by atoms with Crippen LogP contribution in [-0.2, 0) is 33.8 Å². The molecule has 2 aliphatic rings. The fraction of sp³-hybridized carbons (Fsp3) is 0.433. The number of aromatic nitrogens is 2. The van der Waals surface area contributed by atoms with Gasteiger partial charge in [0.15, 0.2) is 0 Å². The Hall–Kier alpha value is -3.40. The molecule has 2 aromatic carbocycles. The molecule has 1 amide bonds. The highest BCUT2D eigenvalue weighted by Gasteiger charge is 2.29. The number of carbonyl (C=O) groups excluding carboxylic acids is 1. The van der Waals surface area contributed by atoms with E-state index < -0.39 is 5.97 Å². The number of para-hydroxylation sites is 1. The van der Waals surface area contributed by atoms with Crippen LogP contribution < -0.4 is 4.90 Å². The number of ether oxygens (including phenoxy) is 1. The number of nitrogens with zero attached hydrogens (tertiary/aromatic N) is 5. The normalized spacial score (nSPS) is 16.6. The molecule has 2 aliphatic heterocycles. The molecule has 1 atom stereocenters. The minimum atomic E-state index is -0.990. The van der Waals surface area contributed by atoms with Crippen molar-refractivity contribution in [3.63, 3.8) is 0 Å². The summed E-state index contributed by atoms with van der Waals surface area (Å²) in [7, 11) is 0. The minimum Gasteiger partial charge on any atom is -0.480 e. The van der Waals surface area contributed by atoms with Gasteiger partial charge in [0.25, 0.3) is 0 Å². The number of fused-ring (bicyclic) bond motifs is 1. The number of piperazine rings is 1. The number of anilines is 1. The summed E-state index contributed by atoms with van der Waals surface area (Å²) < 4.78 is 7.89. The number of hydrogen-bond donors (Lipinski definition) is 1. The number of carboxylic acids is 1. The lowest BCUT2D eigenvalue weighted by Crippen LogP contribution is -2.50. The standard InChI is InChI=1S/C30H36ClN5O4/c1-21-5-3-4-6-27(21)34-15-13-33(14-16-34)17-25(40-20-29(38)39)18-36-28-11-12-35(22(2)37)19-26(28)30(32-36)23-7-9-24(31)10-8-23/h3-10,25H,11-20H2,1-2H3,(H,38,39). The van der Waals surface area contributed by atoms with Crippen molar-refractivity contribution in [2.45, 2.75) is 39.5 Å². The molecule has 1 N–H and O–H groups in total. The molecule has 0 spiro atoms. The first-order chi connectivity index (χ1) is 19.3. The lowest BCUT2D eigenvalue weighted by molar-refractivity contribution is -0.145. The highest BCUT2D eigenvalue weighted by Crippen LogP contribution is 2.31. The Balaban J connectivity index is 1.35. The first kappa shape index (κ1) is 28.1. The van der Waals surface area contributed by atoms with E-state index in [1.807, 2.05) is 33.8 Å². The van der Waals surface area contributed by atoms with Crippen molar-refractivity contribution in [3.05, 3.63) is 70.4 Å². The lowest BCUT2D eigenvalue weighted by atomic mass is 10.0. The van der Waals surface area contributed by atoms with Crippen molar-refractivity contribution < 1.29 is 19.4 Å². The second-order valence-corrected chi connectivity index (χ2v) is 11.0. The molecule has 3 heterocycles. The van der Waals surface area contributed by atoms with Crippen molar-refractivity contribution in [3.8, 4) is 11.3 Å². The zero-order chi connectivity index (χ0) is 28.2. The molecule has 40 heavy (non-hydrogen) atoms. The molecule has 5 rings (SSSR count). The van der Waals surface area contributed by atoms with Crippen LogP contribution in [0.4, 0.5) is 5.69 Å². The second kappa shape index (κ2) is 12.4. The van der Waals surface area contributed by atoms with Gasteiger partial charge in [-0.05, 0) is 30.7 Å². The Bertz CT molecular complexity index is 1350. The van der Waals surface area contributed by atoms with E-state index in [9.17, 15) is 14.7 Å². The monoisotopic (exact) mass is 565 g/mol. The summed E-state index contributed by atoms with van der Waals surface area (Å²) in [5, 5.41) is 15.0. The molecule has 0 radical (unpaired) electrons. The third-order valence-corrected chi connectivity index (χ3v) is 8.06. The molecule has 3 aromatic rings. The fourth-order valence-corrected chi connectivity index (χ4v) is 5.80. The minimum absolute atomic E-state index is 0.0352. The quantitative estimate of drug-likeness (QED) is 0.423. The van der Waals surface area contributed by atoms with E-state index in [-0.39, 0.29) is 18.6 Å². The van der Waals surface area contributed by atoms with Gasteiger partial charge in [0, 0.05) is 86.7 Å². The Labute approximate surface area is 239 Å². The van der Waals surface area contributed by atoms with Crippen LogP contribution in [-0.4, -0.2) is 88.5 Å². The highest BCUT2D eigenvalue weighted by molar-refractivity contribution is 6.30. The third kappa shape index (κ3) is 6.49. The van der Waals surface area contributed by atoms with E-state index in [1.165, 1.54) is 11.3 Å². The molecule has 1 fully saturated rings. The average Bonchev–Trinajstić information content (AvgIpc) is 3.30. The second-order valence-electron chi connectivity index (χ2n) is 10.6. The maximum Gasteiger partial charge on any atom is 0.329 e. The summed E-state index contributed by atoms with van der Waals surface area (Å²) >= 11 is 6.14. The van der Waals surface area contributed by atoms with Crippen molar-refractivity contribution >= 4 is 29.2 Å². The molecule has 10 heteroatoms. The SMILES string of the molecule is CC(=O)N1CCc2c(c(-c3ccc(Cl)cc3)nn2CC(CN2CCN(c3ccccc3C)CC2)OCC(=O)O)C1. The number of aryl methyl sites for hydroxylation is 1. The van der Waals surface area contributed by atoms with Gasteiger partial charge >= 0.3 is 5.97 Å². The lowest BCUT2D eigenvalue weighted by Gasteiger charge is -2.38. The van der Waals surface area contributed by atoms with Crippen LogP contribution in [0.5, 0.6) is 0 Å². The predicted molar refractivity (Wildman–Crippen MR) is 155 cm³/mol. The zero-order valence-electron chi connectivity index (χ0n) is 23.1. The molecule has 1 unspecified atom stereocenters. The molecule has 1 aromatic heterocycles. The van der Waals surface area contributed by atoms with Crippen LogP contribution >= 0.6 is 11.6 Å². The van der Waals surface area contributed by atoms with Gasteiger partial charge in [0.1, 0.15) is 6.61 Å². The van der Waals surface area contributed by atoms with E-state index in [0.29, 0.717) is 37.6 Å². The maximum atomic E-state index is 12.2. The van der Waals surface area contributed by atoms with Gasteiger partial charge < -0.3 is 19.6 Å². The number of carbonyl (C=O) groups is 2. The molecular formula is C30H36ClN5O4. The number of benzene rings is 2. The largest absolute Gasteiger partial charge is 0.480 e. The summed E-state index contributed by atoms with van der Waals surface area (Å²) in [6.07, 6.45) is 0.324. The summed E-state index contributed by atoms with van der Waals surface area (Å²) in [4.78, 5) is 30.2. The number of rotatable bonds is 9. The van der Waals surface area contributed by atoms with Crippen LogP contribution in [0.25, 0.3) is 11.3 Å². The van der Waals surface area contributed by atoms with Crippen molar-refractivity contribution in [1.29, 1.82) is 0 Å². The Morgan fingerprint density at radius 2 is 1.75 bits per heavy atom. The van der Waals surface area contributed by atoms with Crippen molar-refractivity contribution in [1.82, 2.24) is 19.6 Å². The molecule has 9 nitrogen and oxygen atoms in total. The highest BCUT2D eigenvalue weighted by atomic mass is 35.5. The van der Waals surface area contributed by atoms with Gasteiger partial charge in [-0.1, -0.05) is 41.9 Å². The van der Waals surface area contributed by atoms with Gasteiger partial charge in [-0.2, -0.15) is 5.10 Å². The van der Waals surface area contributed by atoms with Crippen molar-refractivity contribution in [2.24, 2.45) is 0 Å². The molecule has 212 valence electrons. The van der Waals surface area contributed by atoms with E-state index in [1.54, 1.807) is 6.92 Å². The first-order valence-electron chi connectivity index (χ1n) is 13.7. The Morgan fingerprint density at radius 3 is 2.42 bits per heavy atom. The van der Waals surface area contributed by atoms with E-state index in [2.05, 4.69) is 41.0 Å². The molecule has 0 aliphatic carbocycles. The summed E-state index contributed by atoms with van der Waals surface area (Å²) in [6.45, 7) is 9.04. The van der Waals surface area contributed by atoms with Gasteiger partial charge in [-0.3, -0.25) is 14.4 Å². The van der Waals surface area contributed by atoms with E-state index >= 15 is 0 Å².